The van der Waals surface area contributed by atoms with Crippen LogP contribution < -0.4 is 5.32 Å². The maximum Gasteiger partial charge on any atom is 0.325 e. The summed E-state index contributed by atoms with van der Waals surface area (Å²) in [6, 6.07) is -0.132. The second-order valence-corrected chi connectivity index (χ2v) is 5.52. The van der Waals surface area contributed by atoms with E-state index in [4.69, 9.17) is 0 Å². The van der Waals surface area contributed by atoms with Crippen molar-refractivity contribution in [2.24, 2.45) is 5.92 Å². The Labute approximate surface area is 112 Å². The van der Waals surface area contributed by atoms with E-state index >= 15 is 0 Å². The van der Waals surface area contributed by atoms with Gasteiger partial charge < -0.3 is 14.7 Å². The molecule has 0 aliphatic carbocycles. The lowest BCUT2D eigenvalue weighted by atomic mass is 10.1. The van der Waals surface area contributed by atoms with E-state index in [2.05, 4.69) is 17.1 Å². The van der Waals surface area contributed by atoms with Crippen molar-refractivity contribution < 1.29 is 14.4 Å². The van der Waals surface area contributed by atoms with E-state index in [1.54, 1.807) is 4.90 Å². The molecule has 7 heteroatoms. The number of nitrogens with zero attached hydrogens (tertiary/aromatic N) is 3. The van der Waals surface area contributed by atoms with E-state index in [-0.39, 0.29) is 24.9 Å². The molecular formula is C12H20N4O3. The highest BCUT2D eigenvalue weighted by molar-refractivity contribution is 6.03. The van der Waals surface area contributed by atoms with Gasteiger partial charge in [-0.25, -0.2) is 4.79 Å². The zero-order chi connectivity index (χ0) is 14.2. The lowest BCUT2D eigenvalue weighted by Crippen LogP contribution is -2.42. The highest BCUT2D eigenvalue weighted by Gasteiger charge is 2.36. The number of hydrogen-bond donors (Lipinski definition) is 1. The van der Waals surface area contributed by atoms with Gasteiger partial charge in [0.1, 0.15) is 13.1 Å². The average Bonchev–Trinajstić information content (AvgIpc) is 2.83. The van der Waals surface area contributed by atoms with Crippen LogP contribution in [0.4, 0.5) is 4.79 Å². The maximum atomic E-state index is 12.1. The molecule has 2 aliphatic rings. The van der Waals surface area contributed by atoms with Crippen LogP contribution in [0.2, 0.25) is 0 Å². The van der Waals surface area contributed by atoms with Crippen molar-refractivity contribution in [1.29, 1.82) is 0 Å². The maximum absolute atomic E-state index is 12.1. The molecule has 2 atom stereocenters. The van der Waals surface area contributed by atoms with E-state index < -0.39 is 6.03 Å². The molecule has 4 amide bonds. The quantitative estimate of drug-likeness (QED) is 0.663. The molecule has 2 fully saturated rings. The largest absolute Gasteiger partial charge is 0.339 e. The first-order valence-electron chi connectivity index (χ1n) is 6.41. The Kier molecular flexibility index (Phi) is 3.75. The molecule has 0 bridgehead atoms. The van der Waals surface area contributed by atoms with Crippen LogP contribution in [0.1, 0.15) is 6.92 Å². The summed E-state index contributed by atoms with van der Waals surface area (Å²) in [5.41, 5.74) is 0. The van der Waals surface area contributed by atoms with Gasteiger partial charge in [-0.2, -0.15) is 0 Å². The fourth-order valence-corrected chi connectivity index (χ4v) is 2.70. The molecule has 7 nitrogen and oxygen atoms in total. The monoisotopic (exact) mass is 268 g/mol. The molecule has 19 heavy (non-hydrogen) atoms. The van der Waals surface area contributed by atoms with Crippen LogP contribution in [0.15, 0.2) is 0 Å². The van der Waals surface area contributed by atoms with Crippen molar-refractivity contribution in [2.45, 2.75) is 13.0 Å². The van der Waals surface area contributed by atoms with E-state index in [9.17, 15) is 14.4 Å². The fraction of sp³-hybridized carbons (Fsp3) is 0.750. The van der Waals surface area contributed by atoms with Gasteiger partial charge in [0.25, 0.3) is 0 Å². The third-order valence-corrected chi connectivity index (χ3v) is 3.78. The summed E-state index contributed by atoms with van der Waals surface area (Å²) in [5.74, 6) is -0.0344. The molecule has 0 radical (unpaired) electrons. The number of nitrogens with one attached hydrogen (secondary N) is 1. The minimum absolute atomic E-state index is 0.0227. The van der Waals surface area contributed by atoms with Crippen molar-refractivity contribution in [3.8, 4) is 0 Å². The molecule has 1 N–H and O–H groups in total. The summed E-state index contributed by atoms with van der Waals surface area (Å²) in [7, 11) is 4.00. The topological polar surface area (TPSA) is 73.0 Å². The van der Waals surface area contributed by atoms with E-state index in [1.807, 2.05) is 14.1 Å². The van der Waals surface area contributed by atoms with Crippen LogP contribution >= 0.6 is 0 Å². The predicted molar refractivity (Wildman–Crippen MR) is 68.3 cm³/mol. The van der Waals surface area contributed by atoms with Gasteiger partial charge in [-0.15, -0.1) is 0 Å². The van der Waals surface area contributed by atoms with Crippen LogP contribution in [0, 0.1) is 5.92 Å². The standard InChI is InChI=1S/C12H20N4O3/c1-8-4-15(5-9(8)14(2)3)11(18)7-16-6-10(17)13-12(16)19/h8-9H,4-7H2,1-3H3,(H,13,17,19)/t8-,9+/m1/s1. The van der Waals surface area contributed by atoms with Gasteiger partial charge in [0, 0.05) is 19.1 Å². The third-order valence-electron chi connectivity index (χ3n) is 3.78. The Morgan fingerprint density at radius 2 is 2.05 bits per heavy atom. The first-order chi connectivity index (χ1) is 8.88. The average molecular weight is 268 g/mol. The highest BCUT2D eigenvalue weighted by atomic mass is 16.2. The van der Waals surface area contributed by atoms with Crippen molar-refractivity contribution >= 4 is 17.8 Å². The van der Waals surface area contributed by atoms with Crippen molar-refractivity contribution in [3.05, 3.63) is 0 Å². The zero-order valence-electron chi connectivity index (χ0n) is 11.5. The van der Waals surface area contributed by atoms with Crippen LogP contribution in [0.3, 0.4) is 0 Å². The molecule has 0 unspecified atom stereocenters. The number of carbonyl (C=O) groups excluding carboxylic acids is 3. The summed E-state index contributed by atoms with van der Waals surface area (Å²) in [6.45, 7) is 3.45. The van der Waals surface area contributed by atoms with Gasteiger partial charge in [0.15, 0.2) is 0 Å². The molecule has 0 aromatic carbocycles. The minimum Gasteiger partial charge on any atom is -0.339 e. The van der Waals surface area contributed by atoms with Crippen molar-refractivity contribution in [3.63, 3.8) is 0 Å². The second-order valence-electron chi connectivity index (χ2n) is 5.52. The molecule has 0 spiro atoms. The molecule has 106 valence electrons. The number of rotatable bonds is 3. The Bertz CT molecular complexity index is 410. The molecule has 0 aromatic rings. The summed E-state index contributed by atoms with van der Waals surface area (Å²) in [5, 5.41) is 2.17. The molecule has 2 rings (SSSR count). The van der Waals surface area contributed by atoms with Gasteiger partial charge >= 0.3 is 6.03 Å². The SMILES string of the molecule is C[C@@H]1CN(C(=O)CN2CC(=O)NC2=O)C[C@@H]1N(C)C. The number of urea groups is 1. The van der Waals surface area contributed by atoms with Crippen LogP contribution in [0.5, 0.6) is 0 Å². The van der Waals surface area contributed by atoms with Gasteiger partial charge in [-0.3, -0.25) is 14.9 Å². The number of likely N-dealkylation sites (tertiary alicyclic amines) is 1. The number of hydrogen-bond acceptors (Lipinski definition) is 4. The summed E-state index contributed by atoms with van der Waals surface area (Å²) >= 11 is 0. The third kappa shape index (κ3) is 2.86. The van der Waals surface area contributed by atoms with Gasteiger partial charge in [0.2, 0.25) is 11.8 Å². The Hall–Kier alpha value is -1.63. The normalized spacial score (nSPS) is 27.4. The first-order valence-corrected chi connectivity index (χ1v) is 6.41. The molecular weight excluding hydrogens is 248 g/mol. The Balaban J connectivity index is 1.91. The fourth-order valence-electron chi connectivity index (χ4n) is 2.70. The van der Waals surface area contributed by atoms with Gasteiger partial charge in [-0.1, -0.05) is 6.92 Å². The van der Waals surface area contributed by atoms with Crippen molar-refractivity contribution in [2.75, 3.05) is 40.3 Å². The molecule has 0 aromatic heterocycles. The van der Waals surface area contributed by atoms with Gasteiger partial charge in [0.05, 0.1) is 0 Å². The van der Waals surface area contributed by atoms with Crippen LogP contribution in [0.25, 0.3) is 0 Å². The minimum atomic E-state index is -0.477. The lowest BCUT2D eigenvalue weighted by Gasteiger charge is -2.23. The van der Waals surface area contributed by atoms with E-state index in [0.717, 1.165) is 0 Å². The molecule has 2 saturated heterocycles. The zero-order valence-corrected chi connectivity index (χ0v) is 11.5. The Morgan fingerprint density at radius 1 is 1.37 bits per heavy atom. The summed E-state index contributed by atoms with van der Waals surface area (Å²) in [4.78, 5) is 39.7. The summed E-state index contributed by atoms with van der Waals surface area (Å²) < 4.78 is 0. The van der Waals surface area contributed by atoms with Crippen LogP contribution in [-0.4, -0.2) is 78.9 Å². The number of imide groups is 1. The lowest BCUT2D eigenvalue weighted by molar-refractivity contribution is -0.131. The van der Waals surface area contributed by atoms with Gasteiger partial charge in [-0.05, 0) is 20.0 Å². The Morgan fingerprint density at radius 3 is 2.53 bits per heavy atom. The molecule has 2 heterocycles. The molecule has 2 aliphatic heterocycles. The number of carbonyl (C=O) groups is 3. The predicted octanol–water partition coefficient (Wildman–Crippen LogP) is -1.05. The smallest absolute Gasteiger partial charge is 0.325 e. The van der Waals surface area contributed by atoms with E-state index in [1.165, 1.54) is 4.90 Å². The first kappa shape index (κ1) is 13.8. The van der Waals surface area contributed by atoms with Crippen molar-refractivity contribution in [1.82, 2.24) is 20.0 Å². The van der Waals surface area contributed by atoms with E-state index in [0.29, 0.717) is 25.0 Å². The second kappa shape index (κ2) is 5.16. The molecule has 0 saturated carbocycles. The van der Waals surface area contributed by atoms with Crippen LogP contribution in [-0.2, 0) is 9.59 Å². The number of amides is 4. The summed E-state index contributed by atoms with van der Waals surface area (Å²) in [6.07, 6.45) is 0. The highest BCUT2D eigenvalue weighted by Crippen LogP contribution is 2.20. The number of likely N-dealkylation sites (N-methyl/N-ethyl adjacent to an activating group) is 1.